The summed E-state index contributed by atoms with van der Waals surface area (Å²) in [6.07, 6.45) is 0. The minimum atomic E-state index is -1.29. The van der Waals surface area contributed by atoms with Crippen molar-refractivity contribution in [3.8, 4) is 11.1 Å². The standard InChI is InChI=1S/C15H10ClFO4/c1-7-10(14(18)19)6-11(16)13(12(7)15(20)21)8-2-4-9(17)5-3-8/h2-6H,1H3,(H,18,19)(H,20,21). The van der Waals surface area contributed by atoms with E-state index in [0.717, 1.165) is 0 Å². The molecular formula is C15H10ClFO4. The Morgan fingerprint density at radius 1 is 1.10 bits per heavy atom. The van der Waals surface area contributed by atoms with Gasteiger partial charge in [-0.1, -0.05) is 23.7 Å². The van der Waals surface area contributed by atoms with Gasteiger partial charge in [0.15, 0.2) is 0 Å². The summed E-state index contributed by atoms with van der Waals surface area (Å²) in [4.78, 5) is 22.6. The molecule has 0 radical (unpaired) electrons. The molecule has 0 saturated carbocycles. The molecule has 4 nitrogen and oxygen atoms in total. The van der Waals surface area contributed by atoms with Crippen LogP contribution >= 0.6 is 11.6 Å². The smallest absolute Gasteiger partial charge is 0.336 e. The minimum Gasteiger partial charge on any atom is -0.478 e. The molecule has 0 aliphatic rings. The highest BCUT2D eigenvalue weighted by Crippen LogP contribution is 2.35. The topological polar surface area (TPSA) is 74.6 Å². The first kappa shape index (κ1) is 15.0. The molecule has 2 aromatic rings. The van der Waals surface area contributed by atoms with Gasteiger partial charge in [-0.2, -0.15) is 0 Å². The quantitative estimate of drug-likeness (QED) is 0.903. The van der Waals surface area contributed by atoms with Crippen molar-refractivity contribution in [3.05, 3.63) is 57.9 Å². The molecule has 0 fully saturated rings. The van der Waals surface area contributed by atoms with Crippen LogP contribution in [0.5, 0.6) is 0 Å². The number of carboxylic acids is 2. The zero-order valence-electron chi connectivity index (χ0n) is 10.9. The second-order valence-electron chi connectivity index (χ2n) is 4.40. The summed E-state index contributed by atoms with van der Waals surface area (Å²) < 4.78 is 13.0. The van der Waals surface area contributed by atoms with Crippen LogP contribution in [0.4, 0.5) is 4.39 Å². The molecule has 0 amide bonds. The molecule has 0 unspecified atom stereocenters. The van der Waals surface area contributed by atoms with Crippen molar-refractivity contribution in [1.82, 2.24) is 0 Å². The number of halogens is 2. The van der Waals surface area contributed by atoms with Gasteiger partial charge in [0.05, 0.1) is 16.1 Å². The van der Waals surface area contributed by atoms with E-state index in [9.17, 15) is 19.1 Å². The predicted molar refractivity (Wildman–Crippen MR) is 75.5 cm³/mol. The van der Waals surface area contributed by atoms with Crippen LogP contribution in [0.15, 0.2) is 30.3 Å². The van der Waals surface area contributed by atoms with Crippen molar-refractivity contribution < 1.29 is 24.2 Å². The Hall–Kier alpha value is -2.40. The van der Waals surface area contributed by atoms with Crippen LogP contribution in [0.1, 0.15) is 26.3 Å². The highest BCUT2D eigenvalue weighted by Gasteiger charge is 2.23. The Labute approximate surface area is 124 Å². The van der Waals surface area contributed by atoms with Crippen LogP contribution in [0, 0.1) is 12.7 Å². The first-order valence-electron chi connectivity index (χ1n) is 5.88. The lowest BCUT2D eigenvalue weighted by atomic mass is 9.92. The largest absolute Gasteiger partial charge is 0.478 e. The van der Waals surface area contributed by atoms with E-state index < -0.39 is 17.8 Å². The van der Waals surface area contributed by atoms with Gasteiger partial charge < -0.3 is 10.2 Å². The van der Waals surface area contributed by atoms with E-state index in [-0.39, 0.29) is 27.3 Å². The zero-order chi connectivity index (χ0) is 15.7. The molecule has 0 heterocycles. The number of aromatic carboxylic acids is 2. The molecule has 0 aliphatic carbocycles. The van der Waals surface area contributed by atoms with Gasteiger partial charge in [0.2, 0.25) is 0 Å². The number of rotatable bonds is 3. The maximum absolute atomic E-state index is 13.0. The number of hydrogen-bond donors (Lipinski definition) is 2. The van der Waals surface area contributed by atoms with Crippen LogP contribution in [0.2, 0.25) is 5.02 Å². The van der Waals surface area contributed by atoms with Crippen LogP contribution in [-0.4, -0.2) is 22.2 Å². The average molecular weight is 309 g/mol. The molecular weight excluding hydrogens is 299 g/mol. The van der Waals surface area contributed by atoms with Crippen LogP contribution in [0.25, 0.3) is 11.1 Å². The average Bonchev–Trinajstić information content (AvgIpc) is 2.41. The van der Waals surface area contributed by atoms with Crippen molar-refractivity contribution in [2.24, 2.45) is 0 Å². The van der Waals surface area contributed by atoms with E-state index in [4.69, 9.17) is 16.7 Å². The zero-order valence-corrected chi connectivity index (χ0v) is 11.6. The number of carboxylic acid groups (broad SMARTS) is 2. The number of benzene rings is 2. The summed E-state index contributed by atoms with van der Waals surface area (Å²) in [5.41, 5.74) is 0.291. The van der Waals surface area contributed by atoms with E-state index in [0.29, 0.717) is 5.56 Å². The van der Waals surface area contributed by atoms with Crippen molar-refractivity contribution in [3.63, 3.8) is 0 Å². The number of hydrogen-bond acceptors (Lipinski definition) is 2. The molecule has 6 heteroatoms. The fourth-order valence-electron chi connectivity index (χ4n) is 2.14. The van der Waals surface area contributed by atoms with Gasteiger partial charge in [0.25, 0.3) is 0 Å². The fourth-order valence-corrected chi connectivity index (χ4v) is 2.45. The molecule has 21 heavy (non-hydrogen) atoms. The van der Waals surface area contributed by atoms with Crippen LogP contribution in [0.3, 0.4) is 0 Å². The molecule has 0 spiro atoms. The summed E-state index contributed by atoms with van der Waals surface area (Å²) in [5.74, 6) is -3.02. The molecule has 0 atom stereocenters. The highest BCUT2D eigenvalue weighted by molar-refractivity contribution is 6.34. The molecule has 0 saturated heterocycles. The first-order valence-corrected chi connectivity index (χ1v) is 6.26. The molecule has 0 bridgehead atoms. The number of carbonyl (C=O) groups is 2. The third-order valence-corrected chi connectivity index (χ3v) is 3.41. The van der Waals surface area contributed by atoms with E-state index in [1.807, 2.05) is 0 Å². The predicted octanol–water partition coefficient (Wildman–Crippen LogP) is 3.85. The van der Waals surface area contributed by atoms with Gasteiger partial charge in [0, 0.05) is 5.56 Å². The second-order valence-corrected chi connectivity index (χ2v) is 4.81. The Morgan fingerprint density at radius 3 is 2.14 bits per heavy atom. The Kier molecular flexibility index (Phi) is 3.95. The van der Waals surface area contributed by atoms with Crippen molar-refractivity contribution in [2.45, 2.75) is 6.92 Å². The summed E-state index contributed by atoms with van der Waals surface area (Å²) in [5, 5.41) is 18.4. The Balaban J connectivity index is 2.82. The molecule has 108 valence electrons. The van der Waals surface area contributed by atoms with Crippen LogP contribution < -0.4 is 0 Å². The van der Waals surface area contributed by atoms with E-state index >= 15 is 0 Å². The second kappa shape index (κ2) is 5.54. The lowest BCUT2D eigenvalue weighted by molar-refractivity contribution is 0.0696. The van der Waals surface area contributed by atoms with E-state index in [1.54, 1.807) is 0 Å². The molecule has 0 aromatic heterocycles. The molecule has 2 aromatic carbocycles. The van der Waals surface area contributed by atoms with Crippen LogP contribution in [-0.2, 0) is 0 Å². The molecule has 2 rings (SSSR count). The molecule has 0 aliphatic heterocycles. The van der Waals surface area contributed by atoms with Crippen molar-refractivity contribution in [2.75, 3.05) is 0 Å². The first-order chi connectivity index (χ1) is 9.82. The lowest BCUT2D eigenvalue weighted by Gasteiger charge is -2.14. The van der Waals surface area contributed by atoms with Gasteiger partial charge >= 0.3 is 11.9 Å². The highest BCUT2D eigenvalue weighted by atomic mass is 35.5. The van der Waals surface area contributed by atoms with Gasteiger partial charge in [-0.25, -0.2) is 14.0 Å². The maximum Gasteiger partial charge on any atom is 0.336 e. The minimum absolute atomic E-state index is 0.0120. The van der Waals surface area contributed by atoms with E-state index in [1.165, 1.54) is 37.3 Å². The summed E-state index contributed by atoms with van der Waals surface area (Å²) in [6, 6.07) is 6.34. The maximum atomic E-state index is 13.0. The monoisotopic (exact) mass is 308 g/mol. The molecule has 2 N–H and O–H groups in total. The van der Waals surface area contributed by atoms with Gasteiger partial charge in [-0.3, -0.25) is 0 Å². The summed E-state index contributed by atoms with van der Waals surface area (Å²) in [7, 11) is 0. The van der Waals surface area contributed by atoms with E-state index in [2.05, 4.69) is 0 Å². The summed E-state index contributed by atoms with van der Waals surface area (Å²) in [6.45, 7) is 1.40. The normalized spacial score (nSPS) is 10.4. The van der Waals surface area contributed by atoms with Crippen molar-refractivity contribution in [1.29, 1.82) is 0 Å². The van der Waals surface area contributed by atoms with Gasteiger partial charge in [-0.15, -0.1) is 0 Å². The Morgan fingerprint density at radius 2 is 1.67 bits per heavy atom. The van der Waals surface area contributed by atoms with Gasteiger partial charge in [0.1, 0.15) is 5.82 Å². The fraction of sp³-hybridized carbons (Fsp3) is 0.0667. The summed E-state index contributed by atoms with van der Waals surface area (Å²) >= 11 is 6.05. The van der Waals surface area contributed by atoms with Crippen molar-refractivity contribution >= 4 is 23.5 Å². The third-order valence-electron chi connectivity index (χ3n) is 3.12. The lowest BCUT2D eigenvalue weighted by Crippen LogP contribution is -2.09. The SMILES string of the molecule is Cc1c(C(=O)O)cc(Cl)c(-c2ccc(F)cc2)c1C(=O)O. The van der Waals surface area contributed by atoms with Gasteiger partial charge in [-0.05, 0) is 36.2 Å². The Bertz CT molecular complexity index is 738. The third kappa shape index (κ3) is 2.73.